The highest BCUT2D eigenvalue weighted by Gasteiger charge is 2.34. The SMILES string of the molecule is CCOc1ccc(CNCC2CCN(CC(F)(F)F)C2)cc1OC. The van der Waals surface area contributed by atoms with E-state index in [0.29, 0.717) is 44.3 Å². The van der Waals surface area contributed by atoms with Gasteiger partial charge in [0.1, 0.15) is 0 Å². The van der Waals surface area contributed by atoms with Crippen molar-refractivity contribution in [3.8, 4) is 11.5 Å². The van der Waals surface area contributed by atoms with Crippen LogP contribution in [0.25, 0.3) is 0 Å². The van der Waals surface area contributed by atoms with Crippen LogP contribution in [-0.2, 0) is 6.54 Å². The third-order valence-electron chi connectivity index (χ3n) is 4.06. The molecule has 0 amide bonds. The number of alkyl halides is 3. The summed E-state index contributed by atoms with van der Waals surface area (Å²) in [6.07, 6.45) is -3.31. The predicted octanol–water partition coefficient (Wildman–Crippen LogP) is 3.07. The van der Waals surface area contributed by atoms with E-state index in [4.69, 9.17) is 9.47 Å². The van der Waals surface area contributed by atoms with Crippen LogP contribution < -0.4 is 14.8 Å². The first-order valence-corrected chi connectivity index (χ1v) is 8.20. The van der Waals surface area contributed by atoms with Crippen molar-refractivity contribution in [3.63, 3.8) is 0 Å². The van der Waals surface area contributed by atoms with Crippen LogP contribution in [0.2, 0.25) is 0 Å². The summed E-state index contributed by atoms with van der Waals surface area (Å²) in [4.78, 5) is 1.48. The van der Waals surface area contributed by atoms with Gasteiger partial charge in [0, 0.05) is 13.1 Å². The van der Waals surface area contributed by atoms with Crippen LogP contribution in [0.15, 0.2) is 18.2 Å². The number of benzene rings is 1. The van der Waals surface area contributed by atoms with Gasteiger partial charge in [0.15, 0.2) is 11.5 Å². The zero-order valence-corrected chi connectivity index (χ0v) is 14.2. The van der Waals surface area contributed by atoms with Crippen molar-refractivity contribution >= 4 is 0 Å². The topological polar surface area (TPSA) is 33.7 Å². The second-order valence-electron chi connectivity index (χ2n) is 6.05. The Morgan fingerprint density at radius 3 is 2.75 bits per heavy atom. The van der Waals surface area contributed by atoms with Crippen molar-refractivity contribution in [1.29, 1.82) is 0 Å². The van der Waals surface area contributed by atoms with Gasteiger partial charge in [0.05, 0.1) is 20.3 Å². The van der Waals surface area contributed by atoms with Gasteiger partial charge >= 0.3 is 6.18 Å². The number of nitrogens with one attached hydrogen (secondary N) is 1. The molecule has 136 valence electrons. The third kappa shape index (κ3) is 5.87. The average Bonchev–Trinajstić information content (AvgIpc) is 2.94. The van der Waals surface area contributed by atoms with Crippen LogP contribution in [0.5, 0.6) is 11.5 Å². The molecule has 4 nitrogen and oxygen atoms in total. The second-order valence-corrected chi connectivity index (χ2v) is 6.05. The summed E-state index contributed by atoms with van der Waals surface area (Å²) in [7, 11) is 1.60. The number of halogens is 3. The number of rotatable bonds is 8. The molecule has 0 bridgehead atoms. The highest BCUT2D eigenvalue weighted by Crippen LogP contribution is 2.28. The van der Waals surface area contributed by atoms with Gasteiger partial charge in [-0.1, -0.05) is 6.07 Å². The number of nitrogens with zero attached hydrogens (tertiary/aromatic N) is 1. The summed E-state index contributed by atoms with van der Waals surface area (Å²) >= 11 is 0. The lowest BCUT2D eigenvalue weighted by Crippen LogP contribution is -2.33. The average molecular weight is 346 g/mol. The Morgan fingerprint density at radius 2 is 2.08 bits per heavy atom. The Morgan fingerprint density at radius 1 is 1.29 bits per heavy atom. The van der Waals surface area contributed by atoms with Crippen molar-refractivity contribution in [2.45, 2.75) is 26.1 Å². The van der Waals surface area contributed by atoms with Gasteiger partial charge in [-0.25, -0.2) is 0 Å². The fourth-order valence-corrected chi connectivity index (χ4v) is 2.99. The molecule has 1 heterocycles. The number of hydrogen-bond acceptors (Lipinski definition) is 4. The minimum atomic E-state index is -4.11. The Balaban J connectivity index is 1.76. The van der Waals surface area contributed by atoms with Gasteiger partial charge in [0.25, 0.3) is 0 Å². The zero-order valence-electron chi connectivity index (χ0n) is 14.2. The van der Waals surface area contributed by atoms with E-state index in [9.17, 15) is 13.2 Å². The third-order valence-corrected chi connectivity index (χ3v) is 4.06. The molecule has 1 aliphatic heterocycles. The van der Waals surface area contributed by atoms with Crippen LogP contribution in [0.3, 0.4) is 0 Å². The molecule has 2 rings (SSSR count). The largest absolute Gasteiger partial charge is 0.493 e. The molecule has 7 heteroatoms. The quantitative estimate of drug-likeness (QED) is 0.784. The molecule has 1 unspecified atom stereocenters. The summed E-state index contributed by atoms with van der Waals surface area (Å²) in [6, 6.07) is 5.76. The van der Waals surface area contributed by atoms with Gasteiger partial charge in [0.2, 0.25) is 0 Å². The molecule has 1 aliphatic rings. The summed E-state index contributed by atoms with van der Waals surface area (Å²) in [5, 5.41) is 3.33. The number of likely N-dealkylation sites (tertiary alicyclic amines) is 1. The molecule has 24 heavy (non-hydrogen) atoms. The lowest BCUT2D eigenvalue weighted by Gasteiger charge is -2.18. The van der Waals surface area contributed by atoms with Crippen LogP contribution in [0.4, 0.5) is 13.2 Å². The molecule has 0 radical (unpaired) electrons. The van der Waals surface area contributed by atoms with E-state index in [2.05, 4.69) is 5.32 Å². The molecule has 1 N–H and O–H groups in total. The molecule has 1 aromatic rings. The molecule has 1 aromatic carbocycles. The standard InChI is InChI=1S/C17H25F3N2O2/c1-3-24-15-5-4-13(8-16(15)23-2)9-21-10-14-6-7-22(11-14)12-17(18,19)20/h4-5,8,14,21H,3,6-7,9-12H2,1-2H3. The van der Waals surface area contributed by atoms with Crippen molar-refractivity contribution in [2.75, 3.05) is 39.9 Å². The Hall–Kier alpha value is -1.47. The van der Waals surface area contributed by atoms with E-state index >= 15 is 0 Å². The lowest BCUT2D eigenvalue weighted by molar-refractivity contribution is -0.143. The fraction of sp³-hybridized carbons (Fsp3) is 0.647. The van der Waals surface area contributed by atoms with Gasteiger partial charge < -0.3 is 14.8 Å². The van der Waals surface area contributed by atoms with Crippen molar-refractivity contribution in [2.24, 2.45) is 5.92 Å². The highest BCUT2D eigenvalue weighted by atomic mass is 19.4. The molecule has 0 saturated carbocycles. The fourth-order valence-electron chi connectivity index (χ4n) is 2.99. The van der Waals surface area contributed by atoms with E-state index < -0.39 is 12.7 Å². The summed E-state index contributed by atoms with van der Waals surface area (Å²) < 4.78 is 48.0. The molecular weight excluding hydrogens is 321 g/mol. The summed E-state index contributed by atoms with van der Waals surface area (Å²) in [5.74, 6) is 1.66. The predicted molar refractivity (Wildman–Crippen MR) is 86.5 cm³/mol. The molecule has 0 spiro atoms. The normalized spacial score (nSPS) is 18.8. The smallest absolute Gasteiger partial charge is 0.401 e. The number of hydrogen-bond donors (Lipinski definition) is 1. The molecule has 1 fully saturated rings. The summed E-state index contributed by atoms with van der Waals surface area (Å²) in [5.41, 5.74) is 1.06. The van der Waals surface area contributed by atoms with Gasteiger partial charge in [-0.3, -0.25) is 4.90 Å². The maximum Gasteiger partial charge on any atom is 0.401 e. The first kappa shape index (κ1) is 18.9. The zero-order chi connectivity index (χ0) is 17.6. The second kappa shape index (κ2) is 8.58. The van der Waals surface area contributed by atoms with Gasteiger partial charge in [-0.05, 0) is 50.0 Å². The minimum absolute atomic E-state index is 0.261. The van der Waals surface area contributed by atoms with E-state index in [-0.39, 0.29) is 5.92 Å². The van der Waals surface area contributed by atoms with E-state index in [0.717, 1.165) is 12.0 Å². The van der Waals surface area contributed by atoms with Crippen LogP contribution in [0, 0.1) is 5.92 Å². The van der Waals surface area contributed by atoms with Crippen molar-refractivity contribution in [3.05, 3.63) is 23.8 Å². The molecule has 0 aliphatic carbocycles. The van der Waals surface area contributed by atoms with Crippen molar-refractivity contribution < 1.29 is 22.6 Å². The van der Waals surface area contributed by atoms with Crippen LogP contribution in [-0.4, -0.2) is 51.0 Å². The first-order valence-electron chi connectivity index (χ1n) is 8.20. The van der Waals surface area contributed by atoms with E-state index in [1.807, 2.05) is 25.1 Å². The molecule has 1 atom stereocenters. The maximum absolute atomic E-state index is 12.4. The minimum Gasteiger partial charge on any atom is -0.493 e. The number of ether oxygens (including phenoxy) is 2. The molecule has 0 aromatic heterocycles. The van der Waals surface area contributed by atoms with Crippen LogP contribution >= 0.6 is 0 Å². The van der Waals surface area contributed by atoms with E-state index in [1.54, 1.807) is 7.11 Å². The van der Waals surface area contributed by atoms with Gasteiger partial charge in [-0.15, -0.1) is 0 Å². The Labute approximate surface area is 140 Å². The number of methoxy groups -OCH3 is 1. The van der Waals surface area contributed by atoms with Gasteiger partial charge in [-0.2, -0.15) is 13.2 Å². The maximum atomic E-state index is 12.4. The Bertz CT molecular complexity index is 523. The molecule has 1 saturated heterocycles. The molecular formula is C17H25F3N2O2. The monoisotopic (exact) mass is 346 g/mol. The van der Waals surface area contributed by atoms with E-state index in [1.165, 1.54) is 4.90 Å². The van der Waals surface area contributed by atoms with Crippen LogP contribution in [0.1, 0.15) is 18.9 Å². The Kier molecular flexibility index (Phi) is 6.74. The lowest BCUT2D eigenvalue weighted by atomic mass is 10.1. The highest BCUT2D eigenvalue weighted by molar-refractivity contribution is 5.42. The summed E-state index contributed by atoms with van der Waals surface area (Å²) in [6.45, 7) is 4.06. The first-order chi connectivity index (χ1) is 11.4. The van der Waals surface area contributed by atoms with Crippen molar-refractivity contribution in [1.82, 2.24) is 10.2 Å².